The van der Waals surface area contributed by atoms with Crippen molar-refractivity contribution in [1.82, 2.24) is 0 Å². The Morgan fingerprint density at radius 3 is 2.35 bits per heavy atom. The summed E-state index contributed by atoms with van der Waals surface area (Å²) in [7, 11) is -3.97. The number of aliphatic hydroxyl groups is 1. The van der Waals surface area contributed by atoms with Crippen LogP contribution in [0, 0.1) is 53.3 Å². The molecule has 1 N–H and O–H groups in total. The number of hydrogen-bond donors (Lipinski definition) is 1. The van der Waals surface area contributed by atoms with Gasteiger partial charge in [0, 0.05) is 18.3 Å². The van der Waals surface area contributed by atoms with Crippen LogP contribution in [0.1, 0.15) is 111 Å². The Morgan fingerprint density at radius 2 is 1.68 bits per heavy atom. The number of rotatable bonds is 8. The van der Waals surface area contributed by atoms with Crippen LogP contribution in [-0.4, -0.2) is 31.0 Å². The van der Waals surface area contributed by atoms with Crippen molar-refractivity contribution in [1.29, 1.82) is 0 Å². The van der Waals surface area contributed by atoms with Crippen LogP contribution in [0.15, 0.2) is 29.2 Å². The van der Waals surface area contributed by atoms with Crippen molar-refractivity contribution in [3.63, 3.8) is 0 Å². The van der Waals surface area contributed by atoms with Crippen LogP contribution in [0.5, 0.6) is 0 Å². The molecule has 4 aliphatic carbocycles. The first-order valence-electron chi connectivity index (χ1n) is 16.0. The Hall–Kier alpha value is -1.24. The van der Waals surface area contributed by atoms with Gasteiger partial charge in [0.05, 0.1) is 11.0 Å². The SMILES string of the molecule is Cc1ccc(S(=O)(=O)O[C@@H]2CC[C@]3(C)[C@@H]4CC[C@]5(C)[C@H](CC[C@H]5[C@H](C)CCCC(C)C)[C@@H]4CC(=O)[C@@]3(O)C2)cc1. The van der Waals surface area contributed by atoms with Gasteiger partial charge in [0.2, 0.25) is 0 Å². The molecule has 0 amide bonds. The maximum atomic E-state index is 13.9. The fraction of sp³-hybridized carbons (Fsp3) is 0.794. The average Bonchev–Trinajstić information content (AvgIpc) is 3.23. The lowest BCUT2D eigenvalue weighted by atomic mass is 9.42. The van der Waals surface area contributed by atoms with Gasteiger partial charge in [-0.15, -0.1) is 0 Å². The van der Waals surface area contributed by atoms with Gasteiger partial charge in [-0.3, -0.25) is 8.98 Å². The molecule has 6 heteroatoms. The van der Waals surface area contributed by atoms with Crippen LogP contribution < -0.4 is 0 Å². The van der Waals surface area contributed by atoms with Gasteiger partial charge in [0.1, 0.15) is 5.60 Å². The maximum absolute atomic E-state index is 13.9. The zero-order chi connectivity index (χ0) is 29.1. The van der Waals surface area contributed by atoms with E-state index in [1.165, 1.54) is 38.5 Å². The van der Waals surface area contributed by atoms with Gasteiger partial charge in [0.15, 0.2) is 5.78 Å². The maximum Gasteiger partial charge on any atom is 0.297 e. The quantitative estimate of drug-likeness (QED) is 0.327. The van der Waals surface area contributed by atoms with Crippen molar-refractivity contribution in [3.05, 3.63) is 29.8 Å². The molecule has 1 aromatic carbocycles. The molecule has 5 rings (SSSR count). The largest absolute Gasteiger partial charge is 0.381 e. The number of fused-ring (bicyclic) bond motifs is 5. The number of carbonyl (C=O) groups excluding carboxylic acids is 1. The second-order valence-electron chi connectivity index (χ2n) is 15.0. The van der Waals surface area contributed by atoms with Crippen molar-refractivity contribution in [3.8, 4) is 0 Å². The van der Waals surface area contributed by atoms with E-state index in [9.17, 15) is 18.3 Å². The topological polar surface area (TPSA) is 80.7 Å². The first kappa shape index (κ1) is 30.2. The van der Waals surface area contributed by atoms with Gasteiger partial charge in [-0.05, 0) is 98.5 Å². The minimum Gasteiger partial charge on any atom is -0.381 e. The van der Waals surface area contributed by atoms with Gasteiger partial charge in [-0.1, -0.05) is 71.6 Å². The van der Waals surface area contributed by atoms with Crippen LogP contribution in [-0.2, 0) is 19.1 Å². The van der Waals surface area contributed by atoms with Gasteiger partial charge in [0.25, 0.3) is 10.1 Å². The summed E-state index contributed by atoms with van der Waals surface area (Å²) in [4.78, 5) is 14.0. The number of Topliss-reactive ketones (excluding diaryl/α,β-unsaturated/α-hetero) is 1. The monoisotopic (exact) mass is 572 g/mol. The zero-order valence-electron chi connectivity index (χ0n) is 25.6. The molecule has 40 heavy (non-hydrogen) atoms. The lowest BCUT2D eigenvalue weighted by Gasteiger charge is -2.63. The first-order valence-corrected chi connectivity index (χ1v) is 17.4. The smallest absolute Gasteiger partial charge is 0.297 e. The summed E-state index contributed by atoms with van der Waals surface area (Å²) < 4.78 is 31.7. The van der Waals surface area contributed by atoms with E-state index in [1.807, 2.05) is 6.92 Å². The zero-order valence-corrected chi connectivity index (χ0v) is 26.4. The molecule has 0 saturated heterocycles. The fourth-order valence-electron chi connectivity index (χ4n) is 10.0. The molecule has 0 aliphatic heterocycles. The van der Waals surface area contributed by atoms with Crippen molar-refractivity contribution >= 4 is 15.9 Å². The number of hydrogen-bond acceptors (Lipinski definition) is 5. The summed E-state index contributed by atoms with van der Waals surface area (Å²) in [6.45, 7) is 13.6. The second-order valence-corrected chi connectivity index (χ2v) is 16.6. The minimum absolute atomic E-state index is 0.0636. The van der Waals surface area contributed by atoms with Crippen molar-refractivity contribution in [2.75, 3.05) is 0 Å². The molecule has 0 spiro atoms. The molecule has 5 nitrogen and oxygen atoms in total. The third kappa shape index (κ3) is 5.02. The Morgan fingerprint density at radius 1 is 0.975 bits per heavy atom. The number of carbonyl (C=O) groups is 1. The molecule has 1 aromatic rings. The van der Waals surface area contributed by atoms with E-state index in [2.05, 4.69) is 34.6 Å². The first-order chi connectivity index (χ1) is 18.7. The highest BCUT2D eigenvalue weighted by Gasteiger charge is 2.68. The average molecular weight is 573 g/mol. The van der Waals surface area contributed by atoms with Gasteiger partial charge >= 0.3 is 0 Å². The second kappa shape index (κ2) is 10.8. The van der Waals surface area contributed by atoms with Crippen molar-refractivity contribution < 1.29 is 22.5 Å². The summed E-state index contributed by atoms with van der Waals surface area (Å²) in [5.74, 6) is 3.23. The molecular formula is C34H52O5S. The minimum atomic E-state index is -3.97. The lowest BCUT2D eigenvalue weighted by molar-refractivity contribution is -0.211. The van der Waals surface area contributed by atoms with E-state index in [4.69, 9.17) is 4.18 Å². The van der Waals surface area contributed by atoms with E-state index in [0.717, 1.165) is 17.9 Å². The molecule has 224 valence electrons. The molecule has 0 aromatic heterocycles. The van der Waals surface area contributed by atoms with Crippen molar-refractivity contribution in [2.24, 2.45) is 46.3 Å². The number of ketones is 1. The molecule has 4 fully saturated rings. The summed E-state index contributed by atoms with van der Waals surface area (Å²) in [5.41, 5.74) is -0.826. The highest BCUT2D eigenvalue weighted by atomic mass is 32.2. The third-order valence-corrected chi connectivity index (χ3v) is 13.7. The third-order valence-electron chi connectivity index (χ3n) is 12.4. The normalized spacial score (nSPS) is 40.4. The molecule has 4 saturated carbocycles. The van der Waals surface area contributed by atoms with E-state index < -0.39 is 27.2 Å². The summed E-state index contributed by atoms with van der Waals surface area (Å²) >= 11 is 0. The van der Waals surface area contributed by atoms with E-state index in [1.54, 1.807) is 24.3 Å². The van der Waals surface area contributed by atoms with Crippen LogP contribution >= 0.6 is 0 Å². The number of aryl methyl sites for hydroxylation is 1. The molecule has 0 heterocycles. The van der Waals surface area contributed by atoms with Gasteiger partial charge < -0.3 is 5.11 Å². The van der Waals surface area contributed by atoms with E-state index in [0.29, 0.717) is 42.9 Å². The van der Waals surface area contributed by atoms with E-state index in [-0.39, 0.29) is 28.4 Å². The highest BCUT2D eigenvalue weighted by molar-refractivity contribution is 7.86. The van der Waals surface area contributed by atoms with Crippen molar-refractivity contribution in [2.45, 2.75) is 129 Å². The molecular weight excluding hydrogens is 520 g/mol. The molecule has 4 aliphatic rings. The predicted molar refractivity (Wildman–Crippen MR) is 158 cm³/mol. The molecule has 0 radical (unpaired) electrons. The van der Waals surface area contributed by atoms with Crippen LogP contribution in [0.2, 0.25) is 0 Å². The predicted octanol–water partition coefficient (Wildman–Crippen LogP) is 7.48. The molecule has 0 bridgehead atoms. The Balaban J connectivity index is 1.31. The summed E-state index contributed by atoms with van der Waals surface area (Å²) in [6.07, 6.45) is 9.50. The van der Waals surface area contributed by atoms with E-state index >= 15 is 0 Å². The highest BCUT2D eigenvalue weighted by Crippen LogP contribution is 2.68. The Labute approximate surface area is 243 Å². The van der Waals surface area contributed by atoms with Gasteiger partial charge in [-0.25, -0.2) is 0 Å². The fourth-order valence-corrected chi connectivity index (χ4v) is 11.2. The van der Waals surface area contributed by atoms with Crippen LogP contribution in [0.4, 0.5) is 0 Å². The van der Waals surface area contributed by atoms with Gasteiger partial charge in [-0.2, -0.15) is 8.42 Å². The van der Waals surface area contributed by atoms with Crippen LogP contribution in [0.3, 0.4) is 0 Å². The molecule has 9 atom stereocenters. The summed E-state index contributed by atoms with van der Waals surface area (Å²) in [5, 5.41) is 12.1. The number of benzene rings is 1. The summed E-state index contributed by atoms with van der Waals surface area (Å²) in [6, 6.07) is 6.62. The lowest BCUT2D eigenvalue weighted by Crippen LogP contribution is -2.67. The van der Waals surface area contributed by atoms with Crippen LogP contribution in [0.25, 0.3) is 0 Å². The Bertz CT molecular complexity index is 1190. The Kier molecular flexibility index (Phi) is 8.15. The molecule has 0 unspecified atom stereocenters. The standard InChI is InChI=1S/C34H52O5S/c1-22(2)8-7-9-24(4)28-14-15-29-27-20-31(35)34(36)21-25(39-40(37,38)26-12-10-23(3)11-13-26)16-19-33(34,6)30(27)17-18-32(28,29)5/h10-13,22,24-25,27-30,36H,7-9,14-21H2,1-6H3/t24-,25-,27+,28+,29-,30-,32+,33-,34+/m1/s1.